The number of anilines is 1. The molecule has 0 saturated carbocycles. The fourth-order valence-electron chi connectivity index (χ4n) is 4.54. The SMILES string of the molecule is CC#Cc1c[nH]c2c(-c3c(F)cc4c(c3C)-n3c(C)nnc3C(C)(C)N4)cc(F)cc12. The van der Waals surface area contributed by atoms with Crippen LogP contribution in [0.25, 0.3) is 27.7 Å². The van der Waals surface area contributed by atoms with E-state index in [-0.39, 0.29) is 0 Å². The van der Waals surface area contributed by atoms with Crippen LogP contribution in [-0.2, 0) is 5.54 Å². The first kappa shape index (κ1) is 19.3. The first-order valence-corrected chi connectivity index (χ1v) is 10.0. The van der Waals surface area contributed by atoms with E-state index in [0.717, 1.165) is 11.5 Å². The molecule has 0 aliphatic carbocycles. The van der Waals surface area contributed by atoms with Gasteiger partial charge in [-0.15, -0.1) is 16.1 Å². The number of aromatic amines is 1. The summed E-state index contributed by atoms with van der Waals surface area (Å²) in [5, 5.41) is 12.6. The van der Waals surface area contributed by atoms with Crippen LogP contribution in [0.1, 0.15) is 43.5 Å². The molecular weight excluding hydrogens is 396 g/mol. The van der Waals surface area contributed by atoms with E-state index in [1.165, 1.54) is 18.2 Å². The lowest BCUT2D eigenvalue weighted by atomic mass is 9.92. The van der Waals surface area contributed by atoms with Crippen molar-refractivity contribution in [3.8, 4) is 28.7 Å². The van der Waals surface area contributed by atoms with Gasteiger partial charge < -0.3 is 10.3 Å². The maximum absolute atomic E-state index is 15.5. The Morgan fingerprint density at radius 1 is 1.10 bits per heavy atom. The summed E-state index contributed by atoms with van der Waals surface area (Å²) in [7, 11) is 0. The molecule has 0 amide bonds. The van der Waals surface area contributed by atoms with Gasteiger partial charge in [0.25, 0.3) is 0 Å². The highest BCUT2D eigenvalue weighted by atomic mass is 19.1. The Morgan fingerprint density at radius 3 is 2.61 bits per heavy atom. The van der Waals surface area contributed by atoms with E-state index in [1.54, 1.807) is 13.1 Å². The van der Waals surface area contributed by atoms with Crippen LogP contribution in [0, 0.1) is 37.3 Å². The lowest BCUT2D eigenvalue weighted by molar-refractivity contribution is 0.532. The third-order valence-corrected chi connectivity index (χ3v) is 5.83. The van der Waals surface area contributed by atoms with E-state index in [9.17, 15) is 4.39 Å². The Labute approximate surface area is 178 Å². The van der Waals surface area contributed by atoms with E-state index in [2.05, 4.69) is 32.3 Å². The standard InChI is InChI=1S/C24H21F2N5/c1-6-7-14-11-27-21-16(14)8-15(25)9-17(21)20-12(2)22-19(10-18(20)26)28-24(4,5)23-30-29-13(3)31(22)23/h8-11,27-28H,1-5H3. The third-order valence-electron chi connectivity index (χ3n) is 5.83. The second-order valence-electron chi connectivity index (χ2n) is 8.36. The molecule has 5 rings (SSSR count). The third kappa shape index (κ3) is 2.68. The van der Waals surface area contributed by atoms with Crippen LogP contribution < -0.4 is 5.32 Å². The second kappa shape index (κ2) is 6.42. The van der Waals surface area contributed by atoms with Crippen LogP contribution in [0.5, 0.6) is 0 Å². The highest BCUT2D eigenvalue weighted by Gasteiger charge is 2.36. The number of halogens is 2. The zero-order valence-corrected chi connectivity index (χ0v) is 17.9. The lowest BCUT2D eigenvalue weighted by Crippen LogP contribution is -2.36. The van der Waals surface area contributed by atoms with Gasteiger partial charge in [0.15, 0.2) is 5.82 Å². The minimum absolute atomic E-state index is 0.335. The predicted octanol–water partition coefficient (Wildman–Crippen LogP) is 5.34. The molecule has 2 N–H and O–H groups in total. The Balaban J connectivity index is 1.85. The van der Waals surface area contributed by atoms with Crippen molar-refractivity contribution < 1.29 is 8.78 Å². The van der Waals surface area contributed by atoms with Crippen molar-refractivity contribution in [1.29, 1.82) is 0 Å². The first-order chi connectivity index (χ1) is 14.7. The molecule has 1 aliphatic rings. The molecule has 0 spiro atoms. The highest BCUT2D eigenvalue weighted by molar-refractivity contribution is 5.99. The average Bonchev–Trinajstić information content (AvgIpc) is 3.26. The largest absolute Gasteiger partial charge is 0.371 e. The van der Waals surface area contributed by atoms with Crippen molar-refractivity contribution in [3.05, 3.63) is 58.8 Å². The number of nitrogens with one attached hydrogen (secondary N) is 2. The van der Waals surface area contributed by atoms with Gasteiger partial charge in [-0.05, 0) is 58.4 Å². The summed E-state index contributed by atoms with van der Waals surface area (Å²) in [5.74, 6) is 6.37. The Bertz CT molecular complexity index is 1450. The van der Waals surface area contributed by atoms with Gasteiger partial charge in [-0.2, -0.15) is 0 Å². The van der Waals surface area contributed by atoms with Crippen molar-refractivity contribution >= 4 is 16.6 Å². The molecule has 4 aromatic rings. The molecule has 7 heteroatoms. The highest BCUT2D eigenvalue weighted by Crippen LogP contribution is 2.44. The second-order valence-corrected chi connectivity index (χ2v) is 8.36. The van der Waals surface area contributed by atoms with Gasteiger partial charge >= 0.3 is 0 Å². The zero-order valence-electron chi connectivity index (χ0n) is 17.9. The predicted molar refractivity (Wildman–Crippen MR) is 117 cm³/mol. The lowest BCUT2D eigenvalue weighted by Gasteiger charge is -2.35. The average molecular weight is 417 g/mol. The molecule has 2 aromatic carbocycles. The summed E-state index contributed by atoms with van der Waals surface area (Å²) in [4.78, 5) is 3.16. The fraction of sp³-hybridized carbons (Fsp3) is 0.250. The Hall–Kier alpha value is -3.66. The van der Waals surface area contributed by atoms with Gasteiger partial charge in [0, 0.05) is 28.3 Å². The number of aryl methyl sites for hydroxylation is 1. The van der Waals surface area contributed by atoms with Crippen LogP contribution in [0.15, 0.2) is 24.4 Å². The molecule has 0 unspecified atom stereocenters. The minimum Gasteiger partial charge on any atom is -0.371 e. The number of benzene rings is 2. The summed E-state index contributed by atoms with van der Waals surface area (Å²) in [6.07, 6.45) is 1.72. The van der Waals surface area contributed by atoms with E-state index >= 15 is 4.39 Å². The van der Waals surface area contributed by atoms with Gasteiger partial charge in [-0.1, -0.05) is 5.92 Å². The topological polar surface area (TPSA) is 58.5 Å². The molecule has 0 saturated heterocycles. The molecule has 0 atom stereocenters. The number of aromatic nitrogens is 4. The molecule has 5 nitrogen and oxygen atoms in total. The maximum Gasteiger partial charge on any atom is 0.162 e. The Kier molecular flexibility index (Phi) is 4.00. The van der Waals surface area contributed by atoms with E-state index in [4.69, 9.17) is 0 Å². The van der Waals surface area contributed by atoms with Gasteiger partial charge in [-0.25, -0.2) is 8.78 Å². The number of hydrogen-bond donors (Lipinski definition) is 2. The van der Waals surface area contributed by atoms with E-state index < -0.39 is 17.2 Å². The number of H-pyrrole nitrogens is 1. The first-order valence-electron chi connectivity index (χ1n) is 10.0. The van der Waals surface area contributed by atoms with E-state index in [1.807, 2.05) is 32.3 Å². The smallest absolute Gasteiger partial charge is 0.162 e. The van der Waals surface area contributed by atoms with Crippen molar-refractivity contribution in [3.63, 3.8) is 0 Å². The molecular formula is C24H21F2N5. The molecule has 3 heterocycles. The van der Waals surface area contributed by atoms with Crippen LogP contribution in [0.4, 0.5) is 14.5 Å². The van der Waals surface area contributed by atoms with Crippen molar-refractivity contribution in [1.82, 2.24) is 19.7 Å². The van der Waals surface area contributed by atoms with Gasteiger partial charge in [0.1, 0.15) is 17.5 Å². The van der Waals surface area contributed by atoms with Crippen molar-refractivity contribution in [2.45, 2.75) is 40.2 Å². The molecule has 156 valence electrons. The minimum atomic E-state index is -0.520. The van der Waals surface area contributed by atoms with Crippen LogP contribution in [-0.4, -0.2) is 19.7 Å². The summed E-state index contributed by atoms with van der Waals surface area (Å²) in [6.45, 7) is 9.38. The van der Waals surface area contributed by atoms with Crippen LogP contribution in [0.3, 0.4) is 0 Å². The summed E-state index contributed by atoms with van der Waals surface area (Å²) >= 11 is 0. The number of rotatable bonds is 1. The van der Waals surface area contributed by atoms with Crippen molar-refractivity contribution in [2.24, 2.45) is 0 Å². The molecule has 0 fully saturated rings. The van der Waals surface area contributed by atoms with Crippen LogP contribution >= 0.6 is 0 Å². The summed E-state index contributed by atoms with van der Waals surface area (Å²) in [5.41, 5.74) is 3.68. The molecule has 0 radical (unpaired) electrons. The molecule has 2 aromatic heterocycles. The maximum atomic E-state index is 15.5. The van der Waals surface area contributed by atoms with Crippen LogP contribution in [0.2, 0.25) is 0 Å². The Morgan fingerprint density at radius 2 is 1.87 bits per heavy atom. The van der Waals surface area contributed by atoms with Gasteiger partial charge in [-0.3, -0.25) is 4.57 Å². The fourth-order valence-corrected chi connectivity index (χ4v) is 4.54. The molecule has 0 bridgehead atoms. The quantitative estimate of drug-likeness (QED) is 0.411. The molecule has 31 heavy (non-hydrogen) atoms. The van der Waals surface area contributed by atoms with Crippen molar-refractivity contribution in [2.75, 3.05) is 5.32 Å². The van der Waals surface area contributed by atoms with Gasteiger partial charge in [0.2, 0.25) is 0 Å². The number of fused-ring (bicyclic) bond motifs is 4. The van der Waals surface area contributed by atoms with Gasteiger partial charge in [0.05, 0.1) is 22.4 Å². The summed E-state index contributed by atoms with van der Waals surface area (Å²) in [6, 6.07) is 4.25. The van der Waals surface area contributed by atoms with E-state index in [0.29, 0.717) is 44.7 Å². The number of nitrogens with zero attached hydrogens (tertiary/aromatic N) is 3. The zero-order chi connectivity index (χ0) is 22.1. The monoisotopic (exact) mass is 417 g/mol. The summed E-state index contributed by atoms with van der Waals surface area (Å²) < 4.78 is 32.1. The normalized spacial score (nSPS) is 13.9. The number of hydrogen-bond acceptors (Lipinski definition) is 3. The molecule has 1 aliphatic heterocycles.